The molecule has 1 amide bonds. The highest BCUT2D eigenvalue weighted by molar-refractivity contribution is 5.99. The van der Waals surface area contributed by atoms with Crippen LogP contribution in [0.15, 0.2) is 30.5 Å². The third-order valence-electron chi connectivity index (χ3n) is 4.32. The Kier molecular flexibility index (Phi) is 3.43. The van der Waals surface area contributed by atoms with Gasteiger partial charge in [0.25, 0.3) is 0 Å². The van der Waals surface area contributed by atoms with Gasteiger partial charge in [0.1, 0.15) is 5.82 Å². The molecule has 0 radical (unpaired) electrons. The van der Waals surface area contributed by atoms with E-state index in [1.807, 2.05) is 13.0 Å². The monoisotopic (exact) mass is 314 g/mol. The van der Waals surface area contributed by atoms with Crippen molar-refractivity contribution >= 4 is 17.7 Å². The third kappa shape index (κ3) is 2.58. The van der Waals surface area contributed by atoms with Gasteiger partial charge in [0.05, 0.1) is 17.5 Å². The van der Waals surface area contributed by atoms with Crippen molar-refractivity contribution in [1.82, 2.24) is 14.8 Å². The van der Waals surface area contributed by atoms with Crippen molar-refractivity contribution in [2.45, 2.75) is 20.8 Å². The van der Waals surface area contributed by atoms with Gasteiger partial charge in [-0.15, -0.1) is 0 Å². The zero-order valence-electron chi connectivity index (χ0n) is 13.1. The first kappa shape index (κ1) is 15.2. The van der Waals surface area contributed by atoms with Gasteiger partial charge in [-0.1, -0.05) is 19.9 Å². The number of carboxylic acid groups (broad SMARTS) is 1. The summed E-state index contributed by atoms with van der Waals surface area (Å²) in [6.45, 7) is 5.39. The Morgan fingerprint density at radius 1 is 1.30 bits per heavy atom. The van der Waals surface area contributed by atoms with Crippen molar-refractivity contribution in [3.8, 4) is 5.82 Å². The van der Waals surface area contributed by atoms with E-state index in [4.69, 9.17) is 0 Å². The summed E-state index contributed by atoms with van der Waals surface area (Å²) < 4.78 is 1.54. The van der Waals surface area contributed by atoms with Gasteiger partial charge in [-0.3, -0.25) is 9.59 Å². The highest BCUT2D eigenvalue weighted by atomic mass is 16.4. The normalized spacial score (nSPS) is 21.7. The smallest absolute Gasteiger partial charge is 0.307 e. The molecule has 0 saturated heterocycles. The molecule has 7 heteroatoms. The van der Waals surface area contributed by atoms with Gasteiger partial charge in [-0.25, -0.2) is 4.98 Å². The number of amides is 1. The van der Waals surface area contributed by atoms with Gasteiger partial charge < -0.3 is 10.4 Å². The number of hydrogen-bond donors (Lipinski definition) is 2. The van der Waals surface area contributed by atoms with Crippen molar-refractivity contribution in [2.24, 2.45) is 17.3 Å². The fourth-order valence-electron chi connectivity index (χ4n) is 3.03. The number of carboxylic acids is 1. The lowest BCUT2D eigenvalue weighted by atomic mass is 10.1. The number of hydrogen-bond acceptors (Lipinski definition) is 4. The molecule has 1 aliphatic carbocycles. The number of nitrogens with one attached hydrogen (secondary N) is 1. The van der Waals surface area contributed by atoms with Gasteiger partial charge in [-0.2, -0.15) is 9.78 Å². The maximum absolute atomic E-state index is 12.5. The molecular weight excluding hydrogens is 296 g/mol. The average Bonchev–Trinajstić information content (AvgIpc) is 2.89. The predicted octanol–water partition coefficient (Wildman–Crippen LogP) is 1.87. The van der Waals surface area contributed by atoms with Crippen LogP contribution in [0.3, 0.4) is 0 Å². The van der Waals surface area contributed by atoms with Gasteiger partial charge in [0, 0.05) is 12.3 Å². The molecule has 0 aliphatic heterocycles. The maximum atomic E-state index is 12.5. The van der Waals surface area contributed by atoms with Crippen molar-refractivity contribution in [2.75, 3.05) is 5.32 Å². The van der Waals surface area contributed by atoms with Crippen LogP contribution in [0.5, 0.6) is 0 Å². The van der Waals surface area contributed by atoms with Crippen molar-refractivity contribution in [3.63, 3.8) is 0 Å². The molecule has 0 unspecified atom stereocenters. The third-order valence-corrected chi connectivity index (χ3v) is 4.32. The number of pyridine rings is 1. The minimum atomic E-state index is -0.940. The van der Waals surface area contributed by atoms with E-state index in [0.717, 1.165) is 5.69 Å². The average molecular weight is 314 g/mol. The summed E-state index contributed by atoms with van der Waals surface area (Å²) in [7, 11) is 0. The van der Waals surface area contributed by atoms with Gasteiger partial charge in [-0.05, 0) is 24.5 Å². The van der Waals surface area contributed by atoms with E-state index in [1.165, 1.54) is 0 Å². The van der Waals surface area contributed by atoms with E-state index in [2.05, 4.69) is 15.4 Å². The van der Waals surface area contributed by atoms with E-state index in [1.54, 1.807) is 42.9 Å². The molecule has 3 rings (SSSR count). The number of rotatable bonds is 4. The molecule has 0 aromatic carbocycles. The lowest BCUT2D eigenvalue weighted by Crippen LogP contribution is -2.20. The molecule has 0 bridgehead atoms. The zero-order chi connectivity index (χ0) is 16.8. The molecule has 23 heavy (non-hydrogen) atoms. The fraction of sp³-hybridized carbons (Fsp3) is 0.375. The first-order chi connectivity index (χ1) is 10.8. The van der Waals surface area contributed by atoms with Crippen molar-refractivity contribution in [1.29, 1.82) is 0 Å². The number of carbonyl (C=O) groups is 2. The summed E-state index contributed by atoms with van der Waals surface area (Å²) in [5.41, 5.74) is 0.191. The van der Waals surface area contributed by atoms with Crippen molar-refractivity contribution in [3.05, 3.63) is 36.2 Å². The number of nitrogens with zero attached hydrogens (tertiary/aromatic N) is 3. The van der Waals surface area contributed by atoms with Gasteiger partial charge >= 0.3 is 5.97 Å². The van der Waals surface area contributed by atoms with Crippen LogP contribution in [0, 0.1) is 24.2 Å². The summed E-state index contributed by atoms with van der Waals surface area (Å²) in [6.07, 6.45) is 1.64. The molecule has 2 atom stereocenters. The first-order valence-electron chi connectivity index (χ1n) is 7.34. The van der Waals surface area contributed by atoms with Crippen LogP contribution in [0.2, 0.25) is 0 Å². The topological polar surface area (TPSA) is 97.1 Å². The summed E-state index contributed by atoms with van der Waals surface area (Å²) >= 11 is 0. The minimum absolute atomic E-state index is 0.306. The SMILES string of the molecule is Cc1cc(NC(=O)[C@H]2[C@@H](C(=O)O)C2(C)C)n(-c2ccccn2)n1. The largest absolute Gasteiger partial charge is 0.481 e. The van der Waals surface area contributed by atoms with E-state index < -0.39 is 23.2 Å². The Labute approximate surface area is 133 Å². The Morgan fingerprint density at radius 2 is 2.04 bits per heavy atom. The minimum Gasteiger partial charge on any atom is -0.481 e. The lowest BCUT2D eigenvalue weighted by molar-refractivity contribution is -0.140. The second-order valence-electron chi connectivity index (χ2n) is 6.37. The molecule has 2 aromatic heterocycles. The fourth-order valence-corrected chi connectivity index (χ4v) is 3.03. The summed E-state index contributed by atoms with van der Waals surface area (Å²) in [4.78, 5) is 27.9. The van der Waals surface area contributed by atoms with Crippen LogP contribution in [0.4, 0.5) is 5.82 Å². The van der Waals surface area contributed by atoms with E-state index in [-0.39, 0.29) is 5.91 Å². The Hall–Kier alpha value is -2.70. The van der Waals surface area contributed by atoms with Crippen LogP contribution >= 0.6 is 0 Å². The second kappa shape index (κ2) is 5.19. The molecular formula is C16H18N4O3. The quantitative estimate of drug-likeness (QED) is 0.898. The second-order valence-corrected chi connectivity index (χ2v) is 6.37. The molecule has 120 valence electrons. The first-order valence-corrected chi connectivity index (χ1v) is 7.34. The predicted molar refractivity (Wildman–Crippen MR) is 83.1 cm³/mol. The maximum Gasteiger partial charge on any atom is 0.307 e. The Morgan fingerprint density at radius 3 is 2.61 bits per heavy atom. The number of aliphatic carboxylic acids is 1. The van der Waals surface area contributed by atoms with Crippen LogP contribution < -0.4 is 5.32 Å². The molecule has 1 aliphatic rings. The van der Waals surface area contributed by atoms with Gasteiger partial charge in [0.15, 0.2) is 5.82 Å². The molecule has 0 spiro atoms. The molecule has 2 heterocycles. The summed E-state index contributed by atoms with van der Waals surface area (Å²) in [6, 6.07) is 7.14. The highest BCUT2D eigenvalue weighted by Gasteiger charge is 2.66. The van der Waals surface area contributed by atoms with E-state index in [9.17, 15) is 14.7 Å². The number of anilines is 1. The van der Waals surface area contributed by atoms with Crippen LogP contribution in [0.1, 0.15) is 19.5 Å². The number of aromatic nitrogens is 3. The van der Waals surface area contributed by atoms with Gasteiger partial charge in [0.2, 0.25) is 5.91 Å². The standard InChI is InChI=1S/C16H18N4O3/c1-9-8-11(20(19-9)10-6-4-5-7-17-10)18-14(21)12-13(15(22)23)16(12,2)3/h4-8,12-13H,1-3H3,(H,18,21)(H,22,23)/t12-,13+/m1/s1. The van der Waals surface area contributed by atoms with Crippen LogP contribution in [-0.4, -0.2) is 31.7 Å². The molecule has 7 nitrogen and oxygen atoms in total. The highest BCUT2D eigenvalue weighted by Crippen LogP contribution is 2.58. The summed E-state index contributed by atoms with van der Waals surface area (Å²) in [5, 5.41) is 16.3. The van der Waals surface area contributed by atoms with E-state index >= 15 is 0 Å². The number of aryl methyl sites for hydroxylation is 1. The lowest BCUT2D eigenvalue weighted by Gasteiger charge is -2.08. The van der Waals surface area contributed by atoms with Crippen LogP contribution in [0.25, 0.3) is 5.82 Å². The van der Waals surface area contributed by atoms with Crippen LogP contribution in [-0.2, 0) is 9.59 Å². The summed E-state index contributed by atoms with van der Waals surface area (Å²) in [5.74, 6) is -1.38. The number of carbonyl (C=O) groups excluding carboxylic acids is 1. The van der Waals surface area contributed by atoms with Crippen molar-refractivity contribution < 1.29 is 14.7 Å². The molecule has 2 aromatic rings. The Balaban J connectivity index is 1.85. The van der Waals surface area contributed by atoms with E-state index in [0.29, 0.717) is 11.6 Å². The zero-order valence-corrected chi connectivity index (χ0v) is 13.1. The Bertz CT molecular complexity index is 767. The molecule has 1 fully saturated rings. The molecule has 2 N–H and O–H groups in total. The molecule has 1 saturated carbocycles.